The Hall–Kier alpha value is -1.55. The van der Waals surface area contributed by atoms with E-state index in [0.29, 0.717) is 12.2 Å². The van der Waals surface area contributed by atoms with Gasteiger partial charge in [-0.1, -0.05) is 0 Å². The summed E-state index contributed by atoms with van der Waals surface area (Å²) in [6.07, 6.45) is 0.228. The number of carboxylic acid groups (broad SMARTS) is 1. The molecular formula is C12H14O4. The fourth-order valence-corrected chi connectivity index (χ4v) is 1.78. The number of hydrogen-bond donors (Lipinski definition) is 2. The van der Waals surface area contributed by atoms with E-state index in [1.165, 1.54) is 6.07 Å². The van der Waals surface area contributed by atoms with Crippen molar-refractivity contribution in [3.8, 4) is 5.75 Å². The van der Waals surface area contributed by atoms with E-state index in [4.69, 9.17) is 9.84 Å². The SMILES string of the molecule is CC(C)(O)[C@@H]1Cc2cc(C(=O)O)ccc2O1. The van der Waals surface area contributed by atoms with E-state index in [1.54, 1.807) is 26.0 Å². The van der Waals surface area contributed by atoms with E-state index >= 15 is 0 Å². The van der Waals surface area contributed by atoms with Gasteiger partial charge in [-0.05, 0) is 37.6 Å². The predicted octanol–water partition coefficient (Wildman–Crippen LogP) is 1.46. The van der Waals surface area contributed by atoms with Gasteiger partial charge in [-0.2, -0.15) is 0 Å². The highest BCUT2D eigenvalue weighted by molar-refractivity contribution is 5.88. The molecule has 4 heteroatoms. The maximum Gasteiger partial charge on any atom is 0.335 e. The topological polar surface area (TPSA) is 66.8 Å². The van der Waals surface area contributed by atoms with Gasteiger partial charge in [-0.15, -0.1) is 0 Å². The molecule has 1 aliphatic rings. The summed E-state index contributed by atoms with van der Waals surface area (Å²) >= 11 is 0. The van der Waals surface area contributed by atoms with Crippen LogP contribution in [0.4, 0.5) is 0 Å². The quantitative estimate of drug-likeness (QED) is 0.795. The predicted molar refractivity (Wildman–Crippen MR) is 57.8 cm³/mol. The van der Waals surface area contributed by atoms with Gasteiger partial charge >= 0.3 is 5.97 Å². The Kier molecular flexibility index (Phi) is 2.39. The maximum atomic E-state index is 10.8. The van der Waals surface area contributed by atoms with E-state index < -0.39 is 11.6 Å². The van der Waals surface area contributed by atoms with Crippen molar-refractivity contribution in [3.05, 3.63) is 29.3 Å². The van der Waals surface area contributed by atoms with Crippen LogP contribution in [-0.2, 0) is 6.42 Å². The minimum absolute atomic E-state index is 0.249. The fourth-order valence-electron chi connectivity index (χ4n) is 1.78. The van der Waals surface area contributed by atoms with Crippen molar-refractivity contribution in [2.75, 3.05) is 0 Å². The van der Waals surface area contributed by atoms with Crippen LogP contribution in [0.25, 0.3) is 0 Å². The highest BCUT2D eigenvalue weighted by Gasteiger charge is 2.34. The van der Waals surface area contributed by atoms with E-state index in [9.17, 15) is 9.90 Å². The monoisotopic (exact) mass is 222 g/mol. The van der Waals surface area contributed by atoms with Crippen molar-refractivity contribution in [1.29, 1.82) is 0 Å². The van der Waals surface area contributed by atoms with Crippen molar-refractivity contribution in [2.24, 2.45) is 0 Å². The largest absolute Gasteiger partial charge is 0.487 e. The molecule has 2 N–H and O–H groups in total. The molecule has 1 aromatic carbocycles. The third-order valence-corrected chi connectivity index (χ3v) is 2.77. The summed E-state index contributed by atoms with van der Waals surface area (Å²) in [6, 6.07) is 4.75. The van der Waals surface area contributed by atoms with Crippen molar-refractivity contribution >= 4 is 5.97 Å². The van der Waals surface area contributed by atoms with Crippen LogP contribution in [0.3, 0.4) is 0 Å². The number of carbonyl (C=O) groups is 1. The summed E-state index contributed by atoms with van der Waals surface area (Å²) < 4.78 is 5.56. The average molecular weight is 222 g/mol. The number of carboxylic acids is 1. The first-order chi connectivity index (χ1) is 7.38. The Labute approximate surface area is 93.5 Å². The first-order valence-corrected chi connectivity index (χ1v) is 5.13. The van der Waals surface area contributed by atoms with Gasteiger partial charge in [0.15, 0.2) is 0 Å². The second-order valence-electron chi connectivity index (χ2n) is 4.59. The third-order valence-electron chi connectivity index (χ3n) is 2.77. The number of rotatable bonds is 2. The molecule has 0 aliphatic carbocycles. The van der Waals surface area contributed by atoms with Crippen LogP contribution >= 0.6 is 0 Å². The molecule has 1 aliphatic heterocycles. The molecule has 0 fully saturated rings. The maximum absolute atomic E-state index is 10.8. The van der Waals surface area contributed by atoms with Gasteiger partial charge in [0.2, 0.25) is 0 Å². The number of fused-ring (bicyclic) bond motifs is 1. The van der Waals surface area contributed by atoms with Crippen LogP contribution in [-0.4, -0.2) is 27.9 Å². The zero-order chi connectivity index (χ0) is 11.9. The first kappa shape index (κ1) is 11.0. The summed E-state index contributed by atoms with van der Waals surface area (Å²) in [4.78, 5) is 10.8. The molecule has 0 unspecified atom stereocenters. The Morgan fingerprint density at radius 3 is 2.75 bits per heavy atom. The lowest BCUT2D eigenvalue weighted by Gasteiger charge is -2.24. The summed E-state index contributed by atoms with van der Waals surface area (Å²) in [5.41, 5.74) is 0.161. The first-order valence-electron chi connectivity index (χ1n) is 5.13. The zero-order valence-electron chi connectivity index (χ0n) is 9.23. The number of ether oxygens (including phenoxy) is 1. The lowest BCUT2D eigenvalue weighted by Crippen LogP contribution is -2.39. The molecule has 1 heterocycles. The van der Waals surface area contributed by atoms with Crippen LogP contribution in [0.5, 0.6) is 5.75 Å². The van der Waals surface area contributed by atoms with Gasteiger partial charge < -0.3 is 14.9 Å². The smallest absolute Gasteiger partial charge is 0.335 e. The summed E-state index contributed by atoms with van der Waals surface area (Å²) in [5.74, 6) is -0.286. The number of benzene rings is 1. The van der Waals surface area contributed by atoms with Crippen LogP contribution in [0.15, 0.2) is 18.2 Å². The lowest BCUT2D eigenvalue weighted by atomic mass is 9.97. The molecular weight excluding hydrogens is 208 g/mol. The molecule has 0 saturated heterocycles. The molecule has 0 bridgehead atoms. The van der Waals surface area contributed by atoms with Crippen molar-refractivity contribution in [1.82, 2.24) is 0 Å². The highest BCUT2D eigenvalue weighted by atomic mass is 16.5. The Morgan fingerprint density at radius 1 is 1.50 bits per heavy atom. The molecule has 0 spiro atoms. The van der Waals surface area contributed by atoms with E-state index in [-0.39, 0.29) is 11.7 Å². The molecule has 0 amide bonds. The van der Waals surface area contributed by atoms with Crippen LogP contribution in [0.2, 0.25) is 0 Å². The Morgan fingerprint density at radius 2 is 2.19 bits per heavy atom. The Balaban J connectivity index is 2.28. The molecule has 1 aromatic rings. The lowest BCUT2D eigenvalue weighted by molar-refractivity contribution is -0.0229. The molecule has 4 nitrogen and oxygen atoms in total. The number of aliphatic hydroxyl groups is 1. The number of aromatic carboxylic acids is 1. The van der Waals surface area contributed by atoms with Crippen molar-refractivity contribution in [3.63, 3.8) is 0 Å². The summed E-state index contributed by atoms with van der Waals surface area (Å²) in [5, 5.41) is 18.7. The van der Waals surface area contributed by atoms with Gasteiger partial charge in [0, 0.05) is 6.42 Å². The van der Waals surface area contributed by atoms with Crippen LogP contribution in [0, 0.1) is 0 Å². The molecule has 16 heavy (non-hydrogen) atoms. The van der Waals surface area contributed by atoms with E-state index in [0.717, 1.165) is 5.56 Å². The molecule has 0 aromatic heterocycles. The fraction of sp³-hybridized carbons (Fsp3) is 0.417. The van der Waals surface area contributed by atoms with Crippen molar-refractivity contribution < 1.29 is 19.7 Å². The van der Waals surface area contributed by atoms with Gasteiger partial charge in [-0.3, -0.25) is 0 Å². The Bertz CT molecular complexity index is 431. The van der Waals surface area contributed by atoms with Crippen LogP contribution < -0.4 is 4.74 Å². The van der Waals surface area contributed by atoms with Crippen LogP contribution in [0.1, 0.15) is 29.8 Å². The summed E-state index contributed by atoms with van der Waals surface area (Å²) in [6.45, 7) is 3.36. The molecule has 0 radical (unpaired) electrons. The normalized spacial score (nSPS) is 19.1. The molecule has 0 saturated carbocycles. The average Bonchev–Trinajstić information content (AvgIpc) is 2.58. The summed E-state index contributed by atoms with van der Waals surface area (Å²) in [7, 11) is 0. The molecule has 2 rings (SSSR count). The van der Waals surface area contributed by atoms with Gasteiger partial charge in [0.25, 0.3) is 0 Å². The van der Waals surface area contributed by atoms with Gasteiger partial charge in [-0.25, -0.2) is 4.79 Å². The minimum Gasteiger partial charge on any atom is -0.487 e. The third kappa shape index (κ3) is 1.88. The minimum atomic E-state index is -0.950. The van der Waals surface area contributed by atoms with Gasteiger partial charge in [0.1, 0.15) is 11.9 Å². The van der Waals surface area contributed by atoms with E-state index in [1.807, 2.05) is 0 Å². The van der Waals surface area contributed by atoms with Gasteiger partial charge in [0.05, 0.1) is 11.2 Å². The zero-order valence-corrected chi connectivity index (χ0v) is 9.23. The second kappa shape index (κ2) is 3.49. The highest BCUT2D eigenvalue weighted by Crippen LogP contribution is 2.33. The second-order valence-corrected chi connectivity index (χ2v) is 4.59. The molecule has 86 valence electrons. The van der Waals surface area contributed by atoms with Crippen molar-refractivity contribution in [2.45, 2.75) is 32.0 Å². The van der Waals surface area contributed by atoms with E-state index in [2.05, 4.69) is 0 Å². The molecule has 1 atom stereocenters. The standard InChI is InChI=1S/C12H14O4/c1-12(2,15)10-6-8-5-7(11(13)14)3-4-9(8)16-10/h3-5,10,15H,6H2,1-2H3,(H,13,14)/t10-/m0/s1. The number of hydrogen-bond acceptors (Lipinski definition) is 3.